The zero-order valence-electron chi connectivity index (χ0n) is 8.64. The van der Waals surface area contributed by atoms with Crippen molar-refractivity contribution >= 4 is 11.7 Å². The topological polar surface area (TPSA) is 80.5 Å². The summed E-state index contributed by atoms with van der Waals surface area (Å²) >= 11 is 0. The Morgan fingerprint density at radius 3 is 2.67 bits per heavy atom. The van der Waals surface area contributed by atoms with Crippen LogP contribution in [0.2, 0.25) is 0 Å². The molecule has 1 aromatic heterocycles. The number of allylic oxidation sites excluding steroid dienone is 1. The minimum Gasteiger partial charge on any atom is -0.362 e. The van der Waals surface area contributed by atoms with Crippen LogP contribution >= 0.6 is 0 Å². The van der Waals surface area contributed by atoms with Crippen LogP contribution in [0.25, 0.3) is 0 Å². The van der Waals surface area contributed by atoms with Crippen molar-refractivity contribution in [1.82, 2.24) is 4.98 Å². The molecule has 4 nitrogen and oxygen atoms in total. The van der Waals surface area contributed by atoms with Gasteiger partial charge in [-0.1, -0.05) is 0 Å². The van der Waals surface area contributed by atoms with Crippen LogP contribution in [-0.2, 0) is 11.2 Å². The molecule has 0 saturated heterocycles. The molecule has 0 aliphatic heterocycles. The fraction of sp³-hybridized carbons (Fsp3) is 0.273. The van der Waals surface area contributed by atoms with Gasteiger partial charge in [0.2, 0.25) is 0 Å². The Morgan fingerprint density at radius 2 is 2.27 bits per heavy atom. The van der Waals surface area contributed by atoms with Crippen molar-refractivity contribution in [2.75, 3.05) is 0 Å². The molecule has 0 atom stereocenters. The van der Waals surface area contributed by atoms with E-state index < -0.39 is 0 Å². The summed E-state index contributed by atoms with van der Waals surface area (Å²) in [6, 6.07) is 3.52. The van der Waals surface area contributed by atoms with Crippen molar-refractivity contribution in [3.63, 3.8) is 0 Å². The van der Waals surface area contributed by atoms with E-state index >= 15 is 0 Å². The lowest BCUT2D eigenvalue weighted by Gasteiger charge is -1.96. The number of H-pyrrole nitrogens is 1. The summed E-state index contributed by atoms with van der Waals surface area (Å²) in [4.78, 5) is 14.6. The number of nitrogens with zero attached hydrogens (tertiary/aromatic N) is 1. The molecule has 1 rings (SSSR count). The molecule has 0 unspecified atom stereocenters. The summed E-state index contributed by atoms with van der Waals surface area (Å²) in [7, 11) is 0. The van der Waals surface area contributed by atoms with Gasteiger partial charge in [0.15, 0.2) is 11.4 Å². The van der Waals surface area contributed by atoms with Crippen LogP contribution in [0, 0.1) is 30.6 Å². The molecule has 0 amide bonds. The Bertz CT molecular complexity index is 484. The molecule has 1 aromatic rings. The number of aromatic amines is 1. The number of nitriles is 1. The van der Waals surface area contributed by atoms with Crippen LogP contribution < -0.4 is 0 Å². The SMILES string of the molecule is Cc1cc(CC(=O)C(=C=N)C#N)c(C)[nH]1. The Hall–Kier alpha value is -2.11. The largest absolute Gasteiger partial charge is 0.362 e. The van der Waals surface area contributed by atoms with Gasteiger partial charge in [-0.25, -0.2) is 0 Å². The van der Waals surface area contributed by atoms with E-state index in [1.54, 1.807) is 6.07 Å². The summed E-state index contributed by atoms with van der Waals surface area (Å²) in [5.74, 6) is 1.48. The quantitative estimate of drug-likeness (QED) is 0.441. The lowest BCUT2D eigenvalue weighted by atomic mass is 10.1. The predicted molar refractivity (Wildman–Crippen MR) is 55.8 cm³/mol. The molecule has 0 spiro atoms. The predicted octanol–water partition coefficient (Wildman–Crippen LogP) is 1.44. The summed E-state index contributed by atoms with van der Waals surface area (Å²) in [6.07, 6.45) is 0.144. The van der Waals surface area contributed by atoms with Gasteiger partial charge in [-0.3, -0.25) is 10.2 Å². The van der Waals surface area contributed by atoms with E-state index in [2.05, 4.69) is 4.98 Å². The van der Waals surface area contributed by atoms with Crippen molar-refractivity contribution in [3.05, 3.63) is 28.6 Å². The second-order valence-corrected chi connectivity index (χ2v) is 3.31. The van der Waals surface area contributed by atoms with Gasteiger partial charge in [-0.2, -0.15) is 5.26 Å². The highest BCUT2D eigenvalue weighted by Crippen LogP contribution is 2.11. The lowest BCUT2D eigenvalue weighted by Crippen LogP contribution is -2.05. The number of carbonyl (C=O) groups excluding carboxylic acids is 1. The highest BCUT2D eigenvalue weighted by Gasteiger charge is 2.12. The third-order valence-electron chi connectivity index (χ3n) is 2.12. The van der Waals surface area contributed by atoms with Crippen LogP contribution in [0.15, 0.2) is 11.6 Å². The Balaban J connectivity index is 2.89. The smallest absolute Gasteiger partial charge is 0.187 e. The first-order valence-corrected chi connectivity index (χ1v) is 4.46. The average molecular weight is 201 g/mol. The van der Waals surface area contributed by atoms with Crippen molar-refractivity contribution in [1.29, 1.82) is 10.7 Å². The first kappa shape index (κ1) is 11.0. The van der Waals surface area contributed by atoms with E-state index in [1.165, 1.54) is 0 Å². The van der Waals surface area contributed by atoms with E-state index in [0.29, 0.717) is 0 Å². The number of ketones is 1. The zero-order valence-corrected chi connectivity index (χ0v) is 8.64. The van der Waals surface area contributed by atoms with Crippen molar-refractivity contribution in [3.8, 4) is 6.07 Å². The summed E-state index contributed by atoms with van der Waals surface area (Å²) in [5, 5.41) is 15.3. The van der Waals surface area contributed by atoms with E-state index in [1.807, 2.05) is 25.8 Å². The highest BCUT2D eigenvalue weighted by molar-refractivity contribution is 6.07. The van der Waals surface area contributed by atoms with Gasteiger partial charge in [0.25, 0.3) is 0 Å². The van der Waals surface area contributed by atoms with Crippen LogP contribution in [0.3, 0.4) is 0 Å². The summed E-state index contributed by atoms with van der Waals surface area (Å²) in [6.45, 7) is 3.77. The molecule has 1 heterocycles. The lowest BCUT2D eigenvalue weighted by molar-refractivity contribution is -0.114. The van der Waals surface area contributed by atoms with E-state index in [0.717, 1.165) is 17.0 Å². The third-order valence-corrected chi connectivity index (χ3v) is 2.12. The molecule has 15 heavy (non-hydrogen) atoms. The number of rotatable bonds is 3. The van der Waals surface area contributed by atoms with Gasteiger partial charge in [0.1, 0.15) is 6.07 Å². The second-order valence-electron chi connectivity index (χ2n) is 3.31. The maximum atomic E-state index is 11.5. The van der Waals surface area contributed by atoms with Gasteiger partial charge in [0.05, 0.1) is 0 Å². The maximum absolute atomic E-state index is 11.5. The Kier molecular flexibility index (Phi) is 3.22. The molecule has 0 aliphatic rings. The van der Waals surface area contributed by atoms with Gasteiger partial charge >= 0.3 is 0 Å². The molecule has 0 radical (unpaired) electrons. The number of aryl methyl sites for hydroxylation is 2. The molecule has 2 N–H and O–H groups in total. The van der Waals surface area contributed by atoms with Crippen molar-refractivity contribution in [2.45, 2.75) is 20.3 Å². The number of carbonyl (C=O) groups is 1. The highest BCUT2D eigenvalue weighted by atomic mass is 16.1. The molecule has 0 aromatic carbocycles. The molecule has 4 heteroatoms. The van der Waals surface area contributed by atoms with Gasteiger partial charge in [-0.05, 0) is 25.5 Å². The number of nitrogens with one attached hydrogen (secondary N) is 2. The van der Waals surface area contributed by atoms with Crippen LogP contribution in [0.4, 0.5) is 0 Å². The number of aromatic nitrogens is 1. The molecular weight excluding hydrogens is 190 g/mol. The first-order chi connectivity index (χ1) is 7.08. The maximum Gasteiger partial charge on any atom is 0.187 e. The van der Waals surface area contributed by atoms with E-state index in [-0.39, 0.29) is 17.8 Å². The van der Waals surface area contributed by atoms with Crippen LogP contribution in [0.5, 0.6) is 0 Å². The Morgan fingerprint density at radius 1 is 1.60 bits per heavy atom. The van der Waals surface area contributed by atoms with Gasteiger partial charge < -0.3 is 4.98 Å². The minimum atomic E-state index is -0.366. The van der Waals surface area contributed by atoms with Crippen LogP contribution in [0.1, 0.15) is 17.0 Å². The molecule has 76 valence electrons. The molecule has 0 aliphatic carbocycles. The normalized spacial score (nSPS) is 9.13. The monoisotopic (exact) mass is 201 g/mol. The standard InChI is InChI=1S/C11H11N3O/c1-7-3-9(8(2)14-7)4-11(15)10(5-12)6-13/h3,12,14H,4H2,1-2H3. The van der Waals surface area contributed by atoms with E-state index in [9.17, 15) is 4.79 Å². The minimum absolute atomic E-state index is 0.144. The van der Waals surface area contributed by atoms with Gasteiger partial charge in [0, 0.05) is 23.7 Å². The molecule has 0 fully saturated rings. The fourth-order valence-electron chi connectivity index (χ4n) is 1.39. The molecule has 0 bridgehead atoms. The zero-order chi connectivity index (χ0) is 11.4. The number of hydrogen-bond donors (Lipinski definition) is 2. The number of Topliss-reactive ketones (excluding diaryl/α,β-unsaturated/α-hetero) is 1. The molecule has 0 saturated carbocycles. The third kappa shape index (κ3) is 2.43. The average Bonchev–Trinajstić information content (AvgIpc) is 2.47. The van der Waals surface area contributed by atoms with E-state index in [4.69, 9.17) is 10.7 Å². The fourth-order valence-corrected chi connectivity index (χ4v) is 1.39. The van der Waals surface area contributed by atoms with Crippen molar-refractivity contribution < 1.29 is 4.79 Å². The molecular formula is C11H11N3O. The summed E-state index contributed by atoms with van der Waals surface area (Å²) < 4.78 is 0. The first-order valence-electron chi connectivity index (χ1n) is 4.46. The van der Waals surface area contributed by atoms with Crippen molar-refractivity contribution in [2.24, 2.45) is 0 Å². The Labute approximate surface area is 87.7 Å². The number of hydrogen-bond acceptors (Lipinski definition) is 3. The van der Waals surface area contributed by atoms with Crippen LogP contribution in [-0.4, -0.2) is 16.6 Å². The van der Waals surface area contributed by atoms with Gasteiger partial charge in [-0.15, -0.1) is 0 Å². The second kappa shape index (κ2) is 4.41. The summed E-state index contributed by atoms with van der Waals surface area (Å²) in [5.41, 5.74) is 2.53.